The Morgan fingerprint density at radius 1 is 1.24 bits per heavy atom. The van der Waals surface area contributed by atoms with Gasteiger partial charge in [0.05, 0.1) is 10.4 Å². The molecule has 126 valence electrons. The molecular formula is C16H13N5O3S. The first kappa shape index (κ1) is 16.5. The number of anilines is 1. The molecule has 0 spiro atoms. The van der Waals surface area contributed by atoms with E-state index in [0.717, 1.165) is 10.9 Å². The van der Waals surface area contributed by atoms with Crippen LogP contribution in [-0.2, 0) is 7.05 Å². The number of aromatic hydroxyl groups is 1. The fraction of sp³-hybridized carbons (Fsp3) is 0.0625. The number of hydrogen-bond acceptors (Lipinski definition) is 5. The second kappa shape index (κ2) is 6.65. The van der Waals surface area contributed by atoms with Gasteiger partial charge in [-0.3, -0.25) is 10.1 Å². The molecular weight excluding hydrogens is 342 g/mol. The van der Waals surface area contributed by atoms with Gasteiger partial charge in [0.2, 0.25) is 11.0 Å². The van der Waals surface area contributed by atoms with Crippen molar-refractivity contribution < 1.29 is 10.0 Å². The minimum atomic E-state index is -0.481. The molecule has 25 heavy (non-hydrogen) atoms. The Hall–Kier alpha value is -3.33. The van der Waals surface area contributed by atoms with E-state index in [-0.39, 0.29) is 16.7 Å². The van der Waals surface area contributed by atoms with Crippen molar-refractivity contribution in [1.29, 1.82) is 0 Å². The van der Waals surface area contributed by atoms with Crippen LogP contribution in [0, 0.1) is 10.1 Å². The van der Waals surface area contributed by atoms with E-state index in [4.69, 9.17) is 12.2 Å². The zero-order valence-corrected chi connectivity index (χ0v) is 13.9. The van der Waals surface area contributed by atoms with Crippen LogP contribution in [0.4, 0.5) is 17.1 Å². The quantitative estimate of drug-likeness (QED) is 0.316. The Bertz CT molecular complexity index is 995. The molecule has 0 amide bonds. The van der Waals surface area contributed by atoms with Crippen molar-refractivity contribution in [2.24, 2.45) is 17.3 Å². The molecule has 0 fully saturated rings. The van der Waals surface area contributed by atoms with Crippen molar-refractivity contribution in [1.82, 2.24) is 4.57 Å². The first-order valence-corrected chi connectivity index (χ1v) is 7.62. The van der Waals surface area contributed by atoms with Crippen LogP contribution in [0.25, 0.3) is 10.9 Å². The number of non-ortho nitro benzene ring substituents is 1. The maximum atomic E-state index is 10.6. The maximum absolute atomic E-state index is 10.6. The first-order valence-electron chi connectivity index (χ1n) is 7.21. The molecule has 0 unspecified atom stereocenters. The summed E-state index contributed by atoms with van der Waals surface area (Å²) in [5.41, 5.74) is 1.68. The summed E-state index contributed by atoms with van der Waals surface area (Å²) in [4.78, 5) is 10.2. The first-order chi connectivity index (χ1) is 12.0. The number of nitro groups is 1. The molecule has 2 N–H and O–H groups in total. The van der Waals surface area contributed by atoms with Gasteiger partial charge >= 0.3 is 0 Å². The summed E-state index contributed by atoms with van der Waals surface area (Å²) >= 11 is 5.10. The number of para-hydroxylation sites is 1. The smallest absolute Gasteiger partial charge is 0.269 e. The minimum absolute atomic E-state index is 0.0110. The fourth-order valence-corrected chi connectivity index (χ4v) is 2.53. The van der Waals surface area contributed by atoms with Gasteiger partial charge in [-0.05, 0) is 30.4 Å². The Morgan fingerprint density at radius 2 is 1.92 bits per heavy atom. The molecule has 0 saturated heterocycles. The van der Waals surface area contributed by atoms with Gasteiger partial charge in [0.1, 0.15) is 0 Å². The second-order valence-electron chi connectivity index (χ2n) is 5.18. The summed E-state index contributed by atoms with van der Waals surface area (Å²) in [6.07, 6.45) is 0. The van der Waals surface area contributed by atoms with Gasteiger partial charge in [0.15, 0.2) is 5.69 Å². The largest absolute Gasteiger partial charge is 0.493 e. The van der Waals surface area contributed by atoms with Crippen molar-refractivity contribution in [3.8, 4) is 5.88 Å². The Labute approximate surface area is 147 Å². The lowest BCUT2D eigenvalue weighted by Crippen LogP contribution is -2.04. The standard InChI is InChI=1S/C16H13N5O3S/c1-20-13-5-3-2-4-12(13)14(15(20)22)18-19-16(25)17-10-6-8-11(9-7-10)21(23)24/h2-9,22H,1H3,(H,17,25). The Kier molecular flexibility index (Phi) is 4.40. The molecule has 0 radical (unpaired) electrons. The number of benzene rings is 2. The Balaban J connectivity index is 1.79. The van der Waals surface area contributed by atoms with E-state index in [9.17, 15) is 15.2 Å². The SMILES string of the molecule is Cn1c(O)c(N=NC(=S)Nc2ccc([N+](=O)[O-])cc2)c2ccccc21. The summed E-state index contributed by atoms with van der Waals surface area (Å²) in [7, 11) is 1.73. The normalized spacial score (nSPS) is 11.1. The molecule has 0 atom stereocenters. The Morgan fingerprint density at radius 3 is 2.60 bits per heavy atom. The van der Waals surface area contributed by atoms with Crippen molar-refractivity contribution >= 4 is 45.3 Å². The van der Waals surface area contributed by atoms with Crippen molar-refractivity contribution in [2.45, 2.75) is 0 Å². The number of aryl methyl sites for hydroxylation is 1. The predicted molar refractivity (Wildman–Crippen MR) is 98.4 cm³/mol. The molecule has 8 nitrogen and oxygen atoms in total. The number of nitro benzene ring substituents is 1. The van der Waals surface area contributed by atoms with Gasteiger partial charge in [-0.1, -0.05) is 18.2 Å². The van der Waals surface area contributed by atoms with Gasteiger partial charge in [0.25, 0.3) is 5.69 Å². The average Bonchev–Trinajstić information content (AvgIpc) is 2.85. The number of azo groups is 1. The molecule has 9 heteroatoms. The highest BCUT2D eigenvalue weighted by Gasteiger charge is 2.13. The van der Waals surface area contributed by atoms with Crippen LogP contribution >= 0.6 is 12.2 Å². The van der Waals surface area contributed by atoms with Crippen LogP contribution in [0.1, 0.15) is 0 Å². The molecule has 3 aromatic rings. The molecule has 0 saturated carbocycles. The molecule has 3 rings (SSSR count). The van der Waals surface area contributed by atoms with Gasteiger partial charge in [0, 0.05) is 30.3 Å². The minimum Gasteiger partial charge on any atom is -0.493 e. The zero-order valence-electron chi connectivity index (χ0n) is 13.1. The highest BCUT2D eigenvalue weighted by molar-refractivity contribution is 7.80. The molecule has 1 heterocycles. The van der Waals surface area contributed by atoms with E-state index in [2.05, 4.69) is 15.5 Å². The molecule has 0 aliphatic rings. The number of thiocarbonyl (C=S) groups is 1. The monoisotopic (exact) mass is 355 g/mol. The highest BCUT2D eigenvalue weighted by atomic mass is 32.1. The predicted octanol–water partition coefficient (Wildman–Crippen LogP) is 4.27. The van der Waals surface area contributed by atoms with Crippen LogP contribution in [0.5, 0.6) is 5.88 Å². The second-order valence-corrected chi connectivity index (χ2v) is 5.57. The number of nitrogens with one attached hydrogen (secondary N) is 1. The van der Waals surface area contributed by atoms with E-state index < -0.39 is 4.92 Å². The summed E-state index contributed by atoms with van der Waals surface area (Å²) in [6.45, 7) is 0. The van der Waals surface area contributed by atoms with Crippen molar-refractivity contribution in [3.63, 3.8) is 0 Å². The van der Waals surface area contributed by atoms with Crippen LogP contribution in [0.3, 0.4) is 0 Å². The molecule has 0 bridgehead atoms. The van der Waals surface area contributed by atoms with E-state index in [0.29, 0.717) is 11.4 Å². The maximum Gasteiger partial charge on any atom is 0.269 e. The summed E-state index contributed by atoms with van der Waals surface area (Å²) in [6, 6.07) is 13.2. The van der Waals surface area contributed by atoms with Crippen LogP contribution in [0.15, 0.2) is 58.8 Å². The lowest BCUT2D eigenvalue weighted by Gasteiger charge is -2.02. The third-order valence-electron chi connectivity index (χ3n) is 3.62. The summed E-state index contributed by atoms with van der Waals surface area (Å²) < 4.78 is 1.61. The fourth-order valence-electron chi connectivity index (χ4n) is 2.37. The molecule has 0 aliphatic heterocycles. The number of nitrogens with zero attached hydrogens (tertiary/aromatic N) is 4. The van der Waals surface area contributed by atoms with E-state index in [1.54, 1.807) is 11.6 Å². The van der Waals surface area contributed by atoms with Gasteiger partial charge < -0.3 is 15.0 Å². The lowest BCUT2D eigenvalue weighted by molar-refractivity contribution is -0.384. The van der Waals surface area contributed by atoms with Gasteiger partial charge in [-0.25, -0.2) is 0 Å². The highest BCUT2D eigenvalue weighted by Crippen LogP contribution is 2.37. The van der Waals surface area contributed by atoms with Gasteiger partial charge in [-0.15, -0.1) is 10.2 Å². The van der Waals surface area contributed by atoms with Crippen LogP contribution in [-0.4, -0.2) is 19.7 Å². The number of hydrogen-bond donors (Lipinski definition) is 2. The number of rotatable bonds is 3. The number of fused-ring (bicyclic) bond motifs is 1. The van der Waals surface area contributed by atoms with Crippen molar-refractivity contribution in [2.75, 3.05) is 5.32 Å². The lowest BCUT2D eigenvalue weighted by atomic mass is 10.2. The van der Waals surface area contributed by atoms with Gasteiger partial charge in [-0.2, -0.15) is 0 Å². The van der Waals surface area contributed by atoms with E-state index in [1.807, 2.05) is 24.3 Å². The van der Waals surface area contributed by atoms with Crippen LogP contribution in [0.2, 0.25) is 0 Å². The third kappa shape index (κ3) is 3.31. The molecule has 0 aliphatic carbocycles. The molecule has 1 aromatic heterocycles. The average molecular weight is 355 g/mol. The van der Waals surface area contributed by atoms with Crippen molar-refractivity contribution in [3.05, 3.63) is 58.6 Å². The number of aromatic nitrogens is 1. The summed E-state index contributed by atoms with van der Waals surface area (Å²) in [5.74, 6) is -0.0110. The van der Waals surface area contributed by atoms with E-state index >= 15 is 0 Å². The van der Waals surface area contributed by atoms with Crippen LogP contribution < -0.4 is 5.32 Å². The third-order valence-corrected chi connectivity index (χ3v) is 3.80. The zero-order chi connectivity index (χ0) is 18.0. The summed E-state index contributed by atoms with van der Waals surface area (Å²) in [5, 5.41) is 32.4. The molecule has 2 aromatic carbocycles. The topological polar surface area (TPSA) is 105 Å². The van der Waals surface area contributed by atoms with E-state index in [1.165, 1.54) is 24.3 Å².